The van der Waals surface area contributed by atoms with E-state index in [-0.39, 0.29) is 10.9 Å². The van der Waals surface area contributed by atoms with Gasteiger partial charge in [-0.25, -0.2) is 0 Å². The minimum Gasteiger partial charge on any atom is -0.490 e. The second-order valence-corrected chi connectivity index (χ2v) is 18.2. The molecule has 0 aromatic heterocycles. The molecule has 0 saturated heterocycles. The van der Waals surface area contributed by atoms with E-state index in [4.69, 9.17) is 9.47 Å². The lowest BCUT2D eigenvalue weighted by Crippen LogP contribution is -2.09. The Morgan fingerprint density at radius 3 is 1.02 bits per heavy atom. The SMILES string of the molecule is CCCCCCCCCCCCNc1ccc(C#Cc2cc(OCCCCCC)c(OCCCCCC)cc2C#Cc2ccc(NCCCCCCCCCCCC)c(=O)cc2)ccc1=O. The van der Waals surface area contributed by atoms with Gasteiger partial charge in [0.1, 0.15) is 0 Å². The molecular formula is C60H88N2O4. The van der Waals surface area contributed by atoms with E-state index in [1.165, 1.54) is 128 Å². The van der Waals surface area contributed by atoms with Crippen molar-refractivity contribution >= 4 is 11.4 Å². The molecule has 66 heavy (non-hydrogen) atoms. The van der Waals surface area contributed by atoms with Crippen molar-refractivity contribution in [1.82, 2.24) is 0 Å². The van der Waals surface area contributed by atoms with E-state index in [1.807, 2.05) is 36.4 Å². The Balaban J connectivity index is 1.79. The summed E-state index contributed by atoms with van der Waals surface area (Å²) in [7, 11) is 0. The molecule has 0 heterocycles. The fourth-order valence-corrected chi connectivity index (χ4v) is 7.96. The average molecular weight is 901 g/mol. The molecule has 3 aromatic carbocycles. The van der Waals surface area contributed by atoms with Gasteiger partial charge in [-0.05, 0) is 74.2 Å². The first-order valence-electron chi connectivity index (χ1n) is 26.7. The fourth-order valence-electron chi connectivity index (χ4n) is 7.96. The third-order valence-corrected chi connectivity index (χ3v) is 12.2. The van der Waals surface area contributed by atoms with Crippen LogP contribution in [0.25, 0.3) is 0 Å². The van der Waals surface area contributed by atoms with Crippen molar-refractivity contribution in [2.45, 2.75) is 207 Å². The minimum absolute atomic E-state index is 0.0460. The molecule has 0 fully saturated rings. The molecule has 3 aromatic rings. The molecular weight excluding hydrogens is 813 g/mol. The van der Waals surface area contributed by atoms with Crippen molar-refractivity contribution in [2.75, 3.05) is 36.9 Å². The quantitative estimate of drug-likeness (QED) is 0.0447. The van der Waals surface area contributed by atoms with Crippen LogP contribution in [0.5, 0.6) is 11.5 Å². The normalized spacial score (nSPS) is 10.7. The number of unbranched alkanes of at least 4 members (excludes halogenated alkanes) is 24. The third-order valence-electron chi connectivity index (χ3n) is 12.2. The van der Waals surface area contributed by atoms with Gasteiger partial charge in [0, 0.05) is 47.5 Å². The monoisotopic (exact) mass is 901 g/mol. The number of hydrogen-bond donors (Lipinski definition) is 2. The zero-order valence-corrected chi connectivity index (χ0v) is 42.0. The molecule has 0 aliphatic carbocycles. The molecule has 6 nitrogen and oxygen atoms in total. The van der Waals surface area contributed by atoms with Crippen LogP contribution in [0.1, 0.15) is 230 Å². The summed E-state index contributed by atoms with van der Waals surface area (Å²) in [4.78, 5) is 26.1. The Bertz CT molecular complexity index is 1860. The molecule has 0 aliphatic heterocycles. The van der Waals surface area contributed by atoms with Gasteiger partial charge in [0.15, 0.2) is 11.5 Å². The van der Waals surface area contributed by atoms with Gasteiger partial charge in [-0.3, -0.25) is 9.59 Å². The summed E-state index contributed by atoms with van der Waals surface area (Å²) in [5.74, 6) is 14.7. The van der Waals surface area contributed by atoms with Crippen molar-refractivity contribution in [2.24, 2.45) is 0 Å². The van der Waals surface area contributed by atoms with E-state index in [0.29, 0.717) is 47.2 Å². The molecule has 0 aliphatic rings. The Hall–Kier alpha value is -4.68. The van der Waals surface area contributed by atoms with E-state index in [0.717, 1.165) is 75.6 Å². The van der Waals surface area contributed by atoms with Gasteiger partial charge in [-0.1, -0.05) is 205 Å². The smallest absolute Gasteiger partial charge is 0.201 e. The van der Waals surface area contributed by atoms with Gasteiger partial charge < -0.3 is 20.1 Å². The molecule has 0 bridgehead atoms. The topological polar surface area (TPSA) is 76.7 Å². The van der Waals surface area contributed by atoms with E-state index in [1.54, 1.807) is 24.3 Å². The Labute approximate surface area is 402 Å². The second kappa shape index (κ2) is 37.4. The molecule has 6 heteroatoms. The predicted molar refractivity (Wildman–Crippen MR) is 284 cm³/mol. The standard InChI is InChI=1S/C60H88N2O4/c1-5-9-13-17-19-21-23-25-27-29-45-61-55-41-35-51(37-43-57(55)63)33-39-53-49-59(65-47-31-15-11-7-3)60(66-48-32-16-12-8-4)50-54(53)40-34-52-36-42-56(58(64)44-38-52)62-46-30-28-26-24-22-20-18-14-10-6-2/h35-38,41-44,49-50H,5-32,45-48H2,1-4H3,(H,61,63)(H,62,64). The molecule has 3 rings (SSSR count). The zero-order chi connectivity index (χ0) is 47.1. The summed E-state index contributed by atoms with van der Waals surface area (Å²) in [5, 5.41) is 6.75. The average Bonchev–Trinajstić information content (AvgIpc) is 3.62. The van der Waals surface area contributed by atoms with Crippen LogP contribution < -0.4 is 31.0 Å². The van der Waals surface area contributed by atoms with Crippen molar-refractivity contribution < 1.29 is 9.47 Å². The first-order valence-corrected chi connectivity index (χ1v) is 26.7. The predicted octanol–water partition coefficient (Wildman–Crippen LogP) is 15.8. The number of nitrogens with one attached hydrogen (secondary N) is 2. The maximum absolute atomic E-state index is 13.0. The number of ether oxygens (including phenoxy) is 2. The van der Waals surface area contributed by atoms with Crippen molar-refractivity contribution in [3.05, 3.63) is 103 Å². The van der Waals surface area contributed by atoms with E-state index < -0.39 is 0 Å². The summed E-state index contributed by atoms with van der Waals surface area (Å²) < 4.78 is 12.8. The summed E-state index contributed by atoms with van der Waals surface area (Å²) in [6.07, 6.45) is 34.4. The van der Waals surface area contributed by atoms with Gasteiger partial charge in [0.25, 0.3) is 0 Å². The first-order chi connectivity index (χ1) is 32.5. The number of benzene rings is 1. The maximum atomic E-state index is 13.0. The lowest BCUT2D eigenvalue weighted by Gasteiger charge is -2.15. The van der Waals surface area contributed by atoms with Crippen LogP contribution in [-0.2, 0) is 0 Å². The summed E-state index contributed by atoms with van der Waals surface area (Å²) in [5.41, 5.74) is 3.98. The molecule has 0 unspecified atom stereocenters. The van der Waals surface area contributed by atoms with Gasteiger partial charge in [-0.15, -0.1) is 0 Å². The van der Waals surface area contributed by atoms with E-state index in [2.05, 4.69) is 62.0 Å². The number of anilines is 2. The van der Waals surface area contributed by atoms with Crippen molar-refractivity contribution in [3.8, 4) is 35.2 Å². The largest absolute Gasteiger partial charge is 0.490 e. The zero-order valence-electron chi connectivity index (χ0n) is 42.0. The Morgan fingerprint density at radius 2 is 0.667 bits per heavy atom. The third kappa shape index (κ3) is 25.3. The van der Waals surface area contributed by atoms with Gasteiger partial charge in [0.05, 0.1) is 24.6 Å². The molecule has 0 spiro atoms. The highest BCUT2D eigenvalue weighted by atomic mass is 16.5. The van der Waals surface area contributed by atoms with Crippen LogP contribution in [-0.4, -0.2) is 26.3 Å². The molecule has 362 valence electrons. The highest BCUT2D eigenvalue weighted by Gasteiger charge is 2.12. The van der Waals surface area contributed by atoms with Crippen LogP contribution in [0.2, 0.25) is 0 Å². The van der Waals surface area contributed by atoms with Gasteiger partial charge in [-0.2, -0.15) is 0 Å². The Kier molecular flexibility index (Phi) is 31.5. The number of rotatable bonds is 36. The molecule has 0 amide bonds. The van der Waals surface area contributed by atoms with Gasteiger partial charge in [0.2, 0.25) is 10.9 Å². The van der Waals surface area contributed by atoms with Crippen LogP contribution in [0.4, 0.5) is 11.4 Å². The van der Waals surface area contributed by atoms with Crippen LogP contribution in [0.15, 0.2) is 70.3 Å². The van der Waals surface area contributed by atoms with Crippen LogP contribution in [0.3, 0.4) is 0 Å². The summed E-state index contributed by atoms with van der Waals surface area (Å²) >= 11 is 0. The highest BCUT2D eigenvalue weighted by Crippen LogP contribution is 2.32. The Morgan fingerprint density at radius 1 is 0.364 bits per heavy atom. The van der Waals surface area contributed by atoms with E-state index in [9.17, 15) is 9.59 Å². The maximum Gasteiger partial charge on any atom is 0.201 e. The molecule has 0 radical (unpaired) electrons. The van der Waals surface area contributed by atoms with Crippen LogP contribution >= 0.6 is 0 Å². The lowest BCUT2D eigenvalue weighted by molar-refractivity contribution is 0.258. The lowest BCUT2D eigenvalue weighted by atomic mass is 10.1. The highest BCUT2D eigenvalue weighted by molar-refractivity contribution is 5.61. The fraction of sp³-hybridized carbons (Fsp3) is 0.600. The summed E-state index contributed by atoms with van der Waals surface area (Å²) in [6, 6.07) is 18.2. The van der Waals surface area contributed by atoms with E-state index >= 15 is 0 Å². The van der Waals surface area contributed by atoms with Crippen molar-refractivity contribution in [1.29, 1.82) is 0 Å². The second-order valence-electron chi connectivity index (χ2n) is 18.2. The minimum atomic E-state index is -0.0460. The molecule has 0 atom stereocenters. The van der Waals surface area contributed by atoms with Crippen LogP contribution in [0, 0.1) is 23.7 Å². The first kappa shape index (κ1) is 55.6. The summed E-state index contributed by atoms with van der Waals surface area (Å²) in [6.45, 7) is 11.7. The van der Waals surface area contributed by atoms with Gasteiger partial charge >= 0.3 is 0 Å². The number of hydrogen-bond acceptors (Lipinski definition) is 6. The molecule has 2 N–H and O–H groups in total. The molecule has 0 saturated carbocycles. The van der Waals surface area contributed by atoms with Crippen molar-refractivity contribution in [3.63, 3.8) is 0 Å².